The summed E-state index contributed by atoms with van der Waals surface area (Å²) in [6.07, 6.45) is 1.03. The molecule has 2 unspecified atom stereocenters. The molecule has 1 N–H and O–H groups in total. The van der Waals surface area contributed by atoms with Crippen molar-refractivity contribution >= 4 is 18.0 Å². The van der Waals surface area contributed by atoms with E-state index in [1.54, 1.807) is 0 Å². The summed E-state index contributed by atoms with van der Waals surface area (Å²) in [4.78, 5) is 36.5. The number of isocyanates is 1. The molecule has 20 heavy (non-hydrogen) atoms. The number of carbonyl (C=O) groups is 2. The quantitative estimate of drug-likeness (QED) is 0.297. The molecule has 0 bridgehead atoms. The zero-order chi connectivity index (χ0) is 15.8. The van der Waals surface area contributed by atoms with Crippen LogP contribution in [0.15, 0.2) is 30.3 Å². The number of esters is 2. The fourth-order valence-electron chi connectivity index (χ4n) is 1.54. The van der Waals surface area contributed by atoms with Crippen LogP contribution in [-0.4, -0.2) is 47.5 Å². The summed E-state index contributed by atoms with van der Waals surface area (Å²) in [5, 5.41) is 9.51. The Balaban J connectivity index is 5.41. The molecule has 0 saturated heterocycles. The van der Waals surface area contributed by atoms with Gasteiger partial charge in [0.2, 0.25) is 6.08 Å². The van der Waals surface area contributed by atoms with Gasteiger partial charge in [-0.05, 0) is 13.8 Å². The first kappa shape index (κ1) is 17.8. The van der Waals surface area contributed by atoms with Crippen molar-refractivity contribution in [1.29, 1.82) is 0 Å². The van der Waals surface area contributed by atoms with Crippen molar-refractivity contribution in [2.75, 3.05) is 6.61 Å². The molecule has 7 heteroatoms. The van der Waals surface area contributed by atoms with Crippen LogP contribution in [0.3, 0.4) is 0 Å². The van der Waals surface area contributed by atoms with Gasteiger partial charge in [-0.3, -0.25) is 0 Å². The van der Waals surface area contributed by atoms with Crippen LogP contribution in [0.1, 0.15) is 13.8 Å². The third kappa shape index (κ3) is 4.15. The molecule has 0 radical (unpaired) electrons. The largest absolute Gasteiger partial charge is 0.457 e. The molecule has 7 nitrogen and oxygen atoms in total. The maximum Gasteiger partial charge on any atom is 0.330 e. The van der Waals surface area contributed by atoms with Gasteiger partial charge >= 0.3 is 11.9 Å². The van der Waals surface area contributed by atoms with Crippen LogP contribution < -0.4 is 0 Å². The van der Waals surface area contributed by atoms with Crippen molar-refractivity contribution in [3.63, 3.8) is 0 Å². The van der Waals surface area contributed by atoms with Crippen LogP contribution >= 0.6 is 0 Å². The van der Waals surface area contributed by atoms with Crippen molar-refractivity contribution in [3.05, 3.63) is 25.3 Å². The third-order valence-corrected chi connectivity index (χ3v) is 2.83. The highest BCUT2D eigenvalue weighted by molar-refractivity contribution is 5.82. The smallest absolute Gasteiger partial charge is 0.330 e. The monoisotopic (exact) mass is 283 g/mol. The van der Waals surface area contributed by atoms with E-state index in [1.165, 1.54) is 19.9 Å². The van der Waals surface area contributed by atoms with E-state index in [4.69, 9.17) is 9.47 Å². The first-order chi connectivity index (χ1) is 9.37. The molecule has 0 spiro atoms. The first-order valence-electron chi connectivity index (χ1n) is 5.73. The Hall–Kier alpha value is -2.24. The number of aliphatic hydroxyl groups is 1. The number of aliphatic imine (C=N–C) groups is 1. The van der Waals surface area contributed by atoms with Gasteiger partial charge in [0.05, 0.1) is 6.61 Å². The molecule has 0 saturated carbocycles. The molecule has 0 amide bonds. The fraction of sp³-hybridized carbons (Fsp3) is 0.462. The van der Waals surface area contributed by atoms with Crippen LogP contribution in [0, 0.1) is 0 Å². The van der Waals surface area contributed by atoms with Crippen molar-refractivity contribution in [1.82, 2.24) is 0 Å². The zero-order valence-corrected chi connectivity index (χ0v) is 11.4. The Morgan fingerprint density at radius 3 is 1.90 bits per heavy atom. The van der Waals surface area contributed by atoms with Crippen molar-refractivity contribution < 1.29 is 29.0 Å². The Morgan fingerprint density at radius 2 is 1.65 bits per heavy atom. The molecule has 0 fully saturated rings. The van der Waals surface area contributed by atoms with Gasteiger partial charge in [-0.15, -0.1) is 0 Å². The Kier molecular flexibility index (Phi) is 7.14. The summed E-state index contributed by atoms with van der Waals surface area (Å²) in [5.41, 5.74) is -1.65. The lowest BCUT2D eigenvalue weighted by molar-refractivity contribution is -0.157. The maximum atomic E-state index is 11.2. The topological polar surface area (TPSA) is 102 Å². The number of rotatable bonds is 8. The Bertz CT molecular complexity index is 410. The molecule has 0 aliphatic heterocycles. The van der Waals surface area contributed by atoms with Gasteiger partial charge in [0.25, 0.3) is 0 Å². The Labute approximate surface area is 116 Å². The van der Waals surface area contributed by atoms with E-state index in [2.05, 4.69) is 18.2 Å². The average molecular weight is 283 g/mol. The molecule has 110 valence electrons. The van der Waals surface area contributed by atoms with E-state index < -0.39 is 36.3 Å². The lowest BCUT2D eigenvalue weighted by Gasteiger charge is -2.35. The van der Waals surface area contributed by atoms with Gasteiger partial charge in [-0.25, -0.2) is 14.4 Å². The van der Waals surface area contributed by atoms with E-state index in [0.717, 1.165) is 12.2 Å². The van der Waals surface area contributed by atoms with Gasteiger partial charge < -0.3 is 14.6 Å². The lowest BCUT2D eigenvalue weighted by atomic mass is 9.89. The number of aliphatic hydroxyl groups excluding tert-OH is 1. The molecule has 0 heterocycles. The summed E-state index contributed by atoms with van der Waals surface area (Å²) >= 11 is 0. The highest BCUT2D eigenvalue weighted by Gasteiger charge is 2.46. The number of hydrogen-bond acceptors (Lipinski definition) is 7. The third-order valence-electron chi connectivity index (χ3n) is 2.83. The molecule has 0 rings (SSSR count). The minimum Gasteiger partial charge on any atom is -0.457 e. The molecule has 0 aromatic rings. The SMILES string of the molecule is C=CC(=O)OC(C)C(CO)(N=C=O)C(C)OC(=O)C=C. The highest BCUT2D eigenvalue weighted by Crippen LogP contribution is 2.25. The van der Waals surface area contributed by atoms with Crippen LogP contribution in [0.25, 0.3) is 0 Å². The van der Waals surface area contributed by atoms with E-state index in [0.29, 0.717) is 0 Å². The molecule has 0 aliphatic rings. The molecule has 0 aliphatic carbocycles. The van der Waals surface area contributed by atoms with Crippen molar-refractivity contribution in [2.45, 2.75) is 31.6 Å². The fourth-order valence-corrected chi connectivity index (χ4v) is 1.54. The second kappa shape index (κ2) is 8.04. The van der Waals surface area contributed by atoms with Gasteiger partial charge in [-0.1, -0.05) is 13.2 Å². The van der Waals surface area contributed by atoms with Gasteiger partial charge in [0.1, 0.15) is 12.2 Å². The minimum atomic E-state index is -1.65. The second-order valence-electron chi connectivity index (χ2n) is 3.92. The van der Waals surface area contributed by atoms with Gasteiger partial charge in [-0.2, -0.15) is 4.99 Å². The minimum absolute atomic E-state index is 0.695. The van der Waals surface area contributed by atoms with E-state index in [9.17, 15) is 19.5 Å². The zero-order valence-electron chi connectivity index (χ0n) is 11.4. The summed E-state index contributed by atoms with van der Waals surface area (Å²) < 4.78 is 9.88. The van der Waals surface area contributed by atoms with E-state index >= 15 is 0 Å². The maximum absolute atomic E-state index is 11.2. The standard InChI is InChI=1S/C13H17NO6/c1-5-11(17)19-9(3)13(7-15,14-8-16)10(4)20-12(18)6-2/h5-6,9-10,15H,1-2,7H2,3-4H3. The van der Waals surface area contributed by atoms with Gasteiger partial charge in [0, 0.05) is 12.2 Å². The molecule has 0 aromatic carbocycles. The number of nitrogens with zero attached hydrogens (tertiary/aromatic N) is 1. The summed E-state index contributed by atoms with van der Waals surface area (Å²) in [6, 6.07) is 0. The van der Waals surface area contributed by atoms with Crippen LogP contribution in [0.4, 0.5) is 0 Å². The van der Waals surface area contributed by atoms with E-state index in [1.807, 2.05) is 0 Å². The van der Waals surface area contributed by atoms with E-state index in [-0.39, 0.29) is 0 Å². The summed E-state index contributed by atoms with van der Waals surface area (Å²) in [7, 11) is 0. The summed E-state index contributed by atoms with van der Waals surface area (Å²) in [5.74, 6) is -1.53. The normalized spacial score (nSPS) is 15.8. The average Bonchev–Trinajstić information content (AvgIpc) is 2.43. The highest BCUT2D eigenvalue weighted by atomic mass is 16.6. The number of hydrogen-bond donors (Lipinski definition) is 1. The van der Waals surface area contributed by atoms with Crippen molar-refractivity contribution in [3.8, 4) is 0 Å². The molecular weight excluding hydrogens is 266 g/mol. The van der Waals surface area contributed by atoms with Crippen LogP contribution in [0.5, 0.6) is 0 Å². The number of ether oxygens (including phenoxy) is 2. The van der Waals surface area contributed by atoms with Crippen LogP contribution in [-0.2, 0) is 23.9 Å². The molecular formula is C13H17NO6. The second-order valence-corrected chi connectivity index (χ2v) is 3.92. The van der Waals surface area contributed by atoms with Crippen LogP contribution in [0.2, 0.25) is 0 Å². The van der Waals surface area contributed by atoms with Gasteiger partial charge in [0.15, 0.2) is 5.54 Å². The molecule has 2 atom stereocenters. The predicted molar refractivity (Wildman–Crippen MR) is 69.4 cm³/mol. The summed E-state index contributed by atoms with van der Waals surface area (Å²) in [6.45, 7) is 8.56. The number of carbonyl (C=O) groups excluding carboxylic acids is 3. The van der Waals surface area contributed by atoms with Crippen molar-refractivity contribution in [2.24, 2.45) is 4.99 Å². The predicted octanol–water partition coefficient (Wildman–Crippen LogP) is 0.289. The molecule has 0 aromatic heterocycles. The Morgan fingerprint density at radius 1 is 1.25 bits per heavy atom. The first-order valence-corrected chi connectivity index (χ1v) is 5.73. The lowest BCUT2D eigenvalue weighted by Crippen LogP contribution is -2.54.